The summed E-state index contributed by atoms with van der Waals surface area (Å²) in [4.78, 5) is 18.2. The summed E-state index contributed by atoms with van der Waals surface area (Å²) in [6.45, 7) is 3.97. The molecule has 0 saturated carbocycles. The molecule has 0 rings (SSSR count). The lowest BCUT2D eigenvalue weighted by atomic mass is 10.1. The standard InChI is InChI=1S/C25H52NO5P/c1-5-6-7-8-9-10-11-12-13-14-15-16-17-18-19-20-22-30-23-21-25(24-26(2,3)4)31-32(27,28)29/h12-13,25H,5-11,14-24H2,1-4H3,(H-,27,28,29)/p+1/b13-12-. The molecular formula is C25H53NO5P+. The summed E-state index contributed by atoms with van der Waals surface area (Å²) in [7, 11) is 1.45. The van der Waals surface area contributed by atoms with Gasteiger partial charge in [0.25, 0.3) is 0 Å². The number of nitrogens with zero attached hydrogens (tertiary/aromatic N) is 1. The zero-order valence-corrected chi connectivity index (χ0v) is 22.4. The van der Waals surface area contributed by atoms with E-state index in [9.17, 15) is 4.57 Å². The Labute approximate surface area is 198 Å². The van der Waals surface area contributed by atoms with E-state index in [0.717, 1.165) is 6.42 Å². The van der Waals surface area contributed by atoms with E-state index >= 15 is 0 Å². The second-order valence-corrected chi connectivity index (χ2v) is 11.2. The van der Waals surface area contributed by atoms with Gasteiger partial charge in [-0.15, -0.1) is 0 Å². The van der Waals surface area contributed by atoms with Crippen molar-refractivity contribution in [3.05, 3.63) is 12.2 Å². The third-order valence-electron chi connectivity index (χ3n) is 5.42. The van der Waals surface area contributed by atoms with Gasteiger partial charge in [0.1, 0.15) is 12.6 Å². The summed E-state index contributed by atoms with van der Waals surface area (Å²) in [6, 6.07) is 0. The zero-order valence-electron chi connectivity index (χ0n) is 21.5. The van der Waals surface area contributed by atoms with E-state index in [4.69, 9.17) is 19.0 Å². The monoisotopic (exact) mass is 478 g/mol. The predicted molar refractivity (Wildman–Crippen MR) is 135 cm³/mol. The van der Waals surface area contributed by atoms with Crippen molar-refractivity contribution < 1.29 is 28.1 Å². The van der Waals surface area contributed by atoms with Crippen LogP contribution in [-0.2, 0) is 13.8 Å². The maximum Gasteiger partial charge on any atom is 0.470 e. The zero-order chi connectivity index (χ0) is 24.1. The Balaban J connectivity index is 3.50. The lowest BCUT2D eigenvalue weighted by Crippen LogP contribution is -2.42. The van der Waals surface area contributed by atoms with Gasteiger partial charge in [0, 0.05) is 19.6 Å². The maximum absolute atomic E-state index is 11.1. The van der Waals surface area contributed by atoms with Crippen LogP contribution in [0.2, 0.25) is 0 Å². The number of phosphoric ester groups is 1. The third-order valence-corrected chi connectivity index (χ3v) is 6.00. The number of likely N-dealkylation sites (N-methyl/N-ethyl adjacent to an activating group) is 1. The van der Waals surface area contributed by atoms with Gasteiger partial charge in [-0.05, 0) is 32.1 Å². The molecule has 32 heavy (non-hydrogen) atoms. The topological polar surface area (TPSA) is 76.0 Å². The van der Waals surface area contributed by atoms with E-state index in [2.05, 4.69) is 19.1 Å². The average molecular weight is 479 g/mol. The Morgan fingerprint density at radius 2 is 1.28 bits per heavy atom. The SMILES string of the molecule is CCCCCCCC/C=C\CCCCCCCCOCCC(C[N+](C)(C)C)OP(=O)(O)O. The van der Waals surface area contributed by atoms with Crippen LogP contribution >= 0.6 is 7.82 Å². The number of unbranched alkanes of at least 4 members (excludes halogenated alkanes) is 12. The van der Waals surface area contributed by atoms with E-state index in [0.29, 0.717) is 30.7 Å². The van der Waals surface area contributed by atoms with Gasteiger partial charge in [0.05, 0.1) is 21.1 Å². The molecule has 0 saturated heterocycles. The molecule has 0 radical (unpaired) electrons. The molecule has 7 heteroatoms. The van der Waals surface area contributed by atoms with E-state index in [1.54, 1.807) is 0 Å². The van der Waals surface area contributed by atoms with Gasteiger partial charge >= 0.3 is 7.82 Å². The summed E-state index contributed by atoms with van der Waals surface area (Å²) >= 11 is 0. The maximum atomic E-state index is 11.1. The van der Waals surface area contributed by atoms with E-state index in [-0.39, 0.29) is 0 Å². The fraction of sp³-hybridized carbons (Fsp3) is 0.920. The second-order valence-electron chi connectivity index (χ2n) is 10.0. The number of ether oxygens (including phenoxy) is 1. The number of allylic oxidation sites excluding steroid dienone is 2. The smallest absolute Gasteiger partial charge is 0.381 e. The highest BCUT2D eigenvalue weighted by Gasteiger charge is 2.26. The van der Waals surface area contributed by atoms with E-state index < -0.39 is 13.9 Å². The molecule has 192 valence electrons. The molecule has 0 amide bonds. The Kier molecular flexibility index (Phi) is 20.0. The Morgan fingerprint density at radius 1 is 0.781 bits per heavy atom. The minimum absolute atomic E-state index is 0.468. The third kappa shape index (κ3) is 26.0. The van der Waals surface area contributed by atoms with Crippen LogP contribution in [0.3, 0.4) is 0 Å². The van der Waals surface area contributed by atoms with Crippen LogP contribution in [0.4, 0.5) is 0 Å². The first kappa shape index (κ1) is 31.8. The minimum Gasteiger partial charge on any atom is -0.381 e. The normalized spacial score (nSPS) is 13.8. The van der Waals surface area contributed by atoms with Gasteiger partial charge in [0.15, 0.2) is 0 Å². The summed E-state index contributed by atoms with van der Waals surface area (Å²) in [5.41, 5.74) is 0. The van der Waals surface area contributed by atoms with Crippen LogP contribution in [0.5, 0.6) is 0 Å². The predicted octanol–water partition coefficient (Wildman–Crippen LogP) is 6.61. The molecule has 1 unspecified atom stereocenters. The van der Waals surface area contributed by atoms with Gasteiger partial charge in [-0.25, -0.2) is 4.57 Å². The summed E-state index contributed by atoms with van der Waals surface area (Å²) in [6.07, 6.45) is 22.7. The molecule has 0 fully saturated rings. The number of quaternary nitrogens is 1. The van der Waals surface area contributed by atoms with Gasteiger partial charge in [-0.2, -0.15) is 0 Å². The molecule has 1 atom stereocenters. The molecule has 6 nitrogen and oxygen atoms in total. The molecule has 2 N–H and O–H groups in total. The Bertz CT molecular complexity index is 487. The van der Waals surface area contributed by atoms with Gasteiger partial charge in [0.2, 0.25) is 0 Å². The fourth-order valence-electron chi connectivity index (χ4n) is 3.75. The Hall–Kier alpha value is -0.230. The minimum atomic E-state index is -4.47. The Morgan fingerprint density at radius 3 is 1.78 bits per heavy atom. The van der Waals surface area contributed by atoms with Gasteiger partial charge < -0.3 is 19.0 Å². The summed E-state index contributed by atoms with van der Waals surface area (Å²) in [5.74, 6) is 0. The average Bonchev–Trinajstić information content (AvgIpc) is 2.67. The van der Waals surface area contributed by atoms with Gasteiger partial charge in [-0.1, -0.05) is 76.9 Å². The van der Waals surface area contributed by atoms with Crippen LogP contribution in [0.1, 0.15) is 103 Å². The van der Waals surface area contributed by atoms with E-state index in [1.165, 1.54) is 83.5 Å². The fourth-order valence-corrected chi connectivity index (χ4v) is 4.31. The lowest BCUT2D eigenvalue weighted by Gasteiger charge is -2.29. The van der Waals surface area contributed by atoms with Crippen molar-refractivity contribution in [1.29, 1.82) is 0 Å². The summed E-state index contributed by atoms with van der Waals surface area (Å²) in [5, 5.41) is 0. The van der Waals surface area contributed by atoms with Crippen molar-refractivity contribution in [3.8, 4) is 0 Å². The summed E-state index contributed by atoms with van der Waals surface area (Å²) < 4.78 is 22.3. The first-order chi connectivity index (χ1) is 15.1. The van der Waals surface area contributed by atoms with Crippen molar-refractivity contribution in [1.82, 2.24) is 0 Å². The first-order valence-electron chi connectivity index (χ1n) is 12.9. The van der Waals surface area contributed by atoms with Crippen LogP contribution < -0.4 is 0 Å². The van der Waals surface area contributed by atoms with Gasteiger partial charge in [-0.3, -0.25) is 4.52 Å². The molecule has 0 bridgehead atoms. The molecule has 0 aromatic heterocycles. The number of rotatable bonds is 23. The number of hydrogen-bond acceptors (Lipinski definition) is 3. The lowest BCUT2D eigenvalue weighted by molar-refractivity contribution is -0.873. The molecule has 0 aromatic rings. The van der Waals surface area contributed by atoms with Crippen LogP contribution in [0.15, 0.2) is 12.2 Å². The van der Waals surface area contributed by atoms with Crippen molar-refractivity contribution in [2.75, 3.05) is 40.9 Å². The highest BCUT2D eigenvalue weighted by molar-refractivity contribution is 7.46. The van der Waals surface area contributed by atoms with Crippen LogP contribution in [0.25, 0.3) is 0 Å². The van der Waals surface area contributed by atoms with Crippen molar-refractivity contribution in [3.63, 3.8) is 0 Å². The van der Waals surface area contributed by atoms with Crippen molar-refractivity contribution in [2.24, 2.45) is 0 Å². The molecule has 0 aliphatic heterocycles. The number of hydrogen-bond donors (Lipinski definition) is 2. The largest absolute Gasteiger partial charge is 0.470 e. The molecular weight excluding hydrogens is 425 g/mol. The molecule has 0 aromatic carbocycles. The highest BCUT2D eigenvalue weighted by Crippen LogP contribution is 2.38. The molecule has 0 heterocycles. The molecule has 0 aliphatic carbocycles. The number of phosphoric acid groups is 1. The van der Waals surface area contributed by atoms with Crippen LogP contribution in [-0.4, -0.2) is 61.3 Å². The van der Waals surface area contributed by atoms with Crippen molar-refractivity contribution >= 4 is 7.82 Å². The highest BCUT2D eigenvalue weighted by atomic mass is 31.2. The first-order valence-corrected chi connectivity index (χ1v) is 14.4. The quantitative estimate of drug-likeness (QED) is 0.0747. The van der Waals surface area contributed by atoms with E-state index in [1.807, 2.05) is 21.1 Å². The molecule has 0 spiro atoms. The van der Waals surface area contributed by atoms with Crippen LogP contribution in [0, 0.1) is 0 Å². The second kappa shape index (κ2) is 20.2. The van der Waals surface area contributed by atoms with Crippen molar-refractivity contribution in [2.45, 2.75) is 109 Å². The molecule has 0 aliphatic rings.